The Labute approximate surface area is 162 Å². The molecule has 2 aromatic carbocycles. The van der Waals surface area contributed by atoms with Gasteiger partial charge < -0.3 is 10.1 Å². The Hall–Kier alpha value is -2.47. The minimum Gasteiger partial charge on any atom is -0.452 e. The van der Waals surface area contributed by atoms with Crippen molar-refractivity contribution in [1.82, 2.24) is 0 Å². The van der Waals surface area contributed by atoms with Crippen LogP contribution in [0.4, 0.5) is 5.69 Å². The molecule has 2 aromatic rings. The summed E-state index contributed by atoms with van der Waals surface area (Å²) in [6, 6.07) is 14.2. The zero-order valence-corrected chi connectivity index (χ0v) is 16.7. The summed E-state index contributed by atoms with van der Waals surface area (Å²) in [6.45, 7) is 5.65. The summed E-state index contributed by atoms with van der Waals surface area (Å²) in [5.74, 6) is -0.218. The molecule has 0 aliphatic rings. The van der Waals surface area contributed by atoms with Crippen LogP contribution in [0.2, 0.25) is 0 Å². The standard InChI is InChI=1S/C21H25NO4S/c1-4-15(3)16-10-12-17(13-11-16)22-20(23)14-26-21(24)18-8-6-7-9-19(18)27(25)5-2/h6-13,15H,4-5,14H2,1-3H3,(H,22,23)/t15-,27+/m1/s1. The van der Waals surface area contributed by atoms with E-state index in [1.807, 2.05) is 24.3 Å². The number of anilines is 1. The molecular weight excluding hydrogens is 362 g/mol. The van der Waals surface area contributed by atoms with Crippen LogP contribution in [-0.4, -0.2) is 28.4 Å². The van der Waals surface area contributed by atoms with Gasteiger partial charge in [-0.1, -0.05) is 45.0 Å². The van der Waals surface area contributed by atoms with Crippen LogP contribution in [0.3, 0.4) is 0 Å². The van der Waals surface area contributed by atoms with Crippen LogP contribution < -0.4 is 5.32 Å². The maximum Gasteiger partial charge on any atom is 0.339 e. The molecule has 1 N–H and O–H groups in total. The monoisotopic (exact) mass is 387 g/mol. The minimum absolute atomic E-state index is 0.225. The fourth-order valence-electron chi connectivity index (χ4n) is 2.53. The largest absolute Gasteiger partial charge is 0.452 e. The molecule has 1 amide bonds. The predicted octanol–water partition coefficient (Wildman–Crippen LogP) is 4.12. The van der Waals surface area contributed by atoms with E-state index in [2.05, 4.69) is 19.2 Å². The van der Waals surface area contributed by atoms with Gasteiger partial charge in [-0.3, -0.25) is 9.00 Å². The van der Waals surface area contributed by atoms with Gasteiger partial charge in [-0.25, -0.2) is 4.79 Å². The molecule has 0 bridgehead atoms. The third-order valence-corrected chi connectivity index (χ3v) is 5.70. The van der Waals surface area contributed by atoms with E-state index in [1.54, 1.807) is 31.2 Å². The van der Waals surface area contributed by atoms with Crippen molar-refractivity contribution in [2.45, 2.75) is 38.0 Å². The van der Waals surface area contributed by atoms with Gasteiger partial charge in [0.2, 0.25) is 0 Å². The Kier molecular flexibility index (Phi) is 7.73. The summed E-state index contributed by atoms with van der Waals surface area (Å²) in [4.78, 5) is 24.7. The van der Waals surface area contributed by atoms with Gasteiger partial charge in [-0.15, -0.1) is 0 Å². The molecular formula is C21H25NO4S. The van der Waals surface area contributed by atoms with Crippen molar-refractivity contribution in [3.05, 3.63) is 59.7 Å². The Morgan fingerprint density at radius 1 is 1.07 bits per heavy atom. The zero-order valence-electron chi connectivity index (χ0n) is 15.9. The summed E-state index contributed by atoms with van der Waals surface area (Å²) in [7, 11) is -1.28. The zero-order chi connectivity index (χ0) is 19.8. The summed E-state index contributed by atoms with van der Waals surface area (Å²) in [6.07, 6.45) is 1.05. The molecule has 0 saturated carbocycles. The highest BCUT2D eigenvalue weighted by atomic mass is 32.2. The Morgan fingerprint density at radius 3 is 2.37 bits per heavy atom. The van der Waals surface area contributed by atoms with E-state index in [1.165, 1.54) is 5.56 Å². The van der Waals surface area contributed by atoms with Crippen molar-refractivity contribution < 1.29 is 18.5 Å². The summed E-state index contributed by atoms with van der Waals surface area (Å²) in [5.41, 5.74) is 2.08. The fourth-order valence-corrected chi connectivity index (χ4v) is 3.46. The normalized spacial score (nSPS) is 12.9. The Morgan fingerprint density at radius 2 is 1.74 bits per heavy atom. The van der Waals surface area contributed by atoms with Crippen molar-refractivity contribution in [3.8, 4) is 0 Å². The van der Waals surface area contributed by atoms with Gasteiger partial charge in [0.25, 0.3) is 5.91 Å². The van der Waals surface area contributed by atoms with E-state index in [0.29, 0.717) is 22.3 Å². The third kappa shape index (κ3) is 5.76. The summed E-state index contributed by atoms with van der Waals surface area (Å²) >= 11 is 0. The van der Waals surface area contributed by atoms with Crippen molar-refractivity contribution in [2.24, 2.45) is 0 Å². The van der Waals surface area contributed by atoms with Crippen molar-refractivity contribution >= 4 is 28.4 Å². The first kappa shape index (κ1) is 20.8. The van der Waals surface area contributed by atoms with Crippen LogP contribution in [0.5, 0.6) is 0 Å². The molecule has 6 heteroatoms. The molecule has 0 aliphatic heterocycles. The second-order valence-electron chi connectivity index (χ2n) is 6.19. The first-order valence-corrected chi connectivity index (χ1v) is 10.3. The van der Waals surface area contributed by atoms with Gasteiger partial charge in [-0.05, 0) is 42.2 Å². The molecule has 2 atom stereocenters. The maximum absolute atomic E-state index is 12.3. The van der Waals surface area contributed by atoms with Crippen LogP contribution in [0.25, 0.3) is 0 Å². The highest BCUT2D eigenvalue weighted by Crippen LogP contribution is 2.20. The number of hydrogen-bond donors (Lipinski definition) is 1. The van der Waals surface area contributed by atoms with E-state index in [4.69, 9.17) is 4.74 Å². The molecule has 0 spiro atoms. The van der Waals surface area contributed by atoms with Gasteiger partial charge in [0, 0.05) is 11.4 Å². The minimum atomic E-state index is -1.28. The van der Waals surface area contributed by atoms with Gasteiger partial charge >= 0.3 is 5.97 Å². The smallest absolute Gasteiger partial charge is 0.339 e. The number of carbonyl (C=O) groups is 2. The molecule has 0 aromatic heterocycles. The van der Waals surface area contributed by atoms with E-state index >= 15 is 0 Å². The van der Waals surface area contributed by atoms with Crippen molar-refractivity contribution in [2.75, 3.05) is 17.7 Å². The first-order valence-electron chi connectivity index (χ1n) is 9.00. The number of rotatable bonds is 8. The average molecular weight is 388 g/mol. The van der Waals surface area contributed by atoms with Crippen molar-refractivity contribution in [1.29, 1.82) is 0 Å². The van der Waals surface area contributed by atoms with Gasteiger partial charge in [0.05, 0.1) is 21.3 Å². The van der Waals surface area contributed by atoms with Gasteiger partial charge in [0.1, 0.15) is 0 Å². The molecule has 144 valence electrons. The predicted molar refractivity (Wildman–Crippen MR) is 107 cm³/mol. The number of ether oxygens (including phenoxy) is 1. The lowest BCUT2D eigenvalue weighted by atomic mass is 9.99. The lowest BCUT2D eigenvalue weighted by Crippen LogP contribution is -2.21. The van der Waals surface area contributed by atoms with Crippen molar-refractivity contribution in [3.63, 3.8) is 0 Å². The van der Waals surface area contributed by atoms with Crippen LogP contribution >= 0.6 is 0 Å². The number of nitrogens with one attached hydrogen (secondary N) is 1. The molecule has 5 nitrogen and oxygen atoms in total. The van der Waals surface area contributed by atoms with Crippen LogP contribution in [0.1, 0.15) is 49.0 Å². The Bertz CT molecular complexity index is 817. The molecule has 0 fully saturated rings. The van der Waals surface area contributed by atoms with E-state index in [9.17, 15) is 13.8 Å². The second-order valence-corrected chi connectivity index (χ2v) is 7.89. The number of amides is 1. The van der Waals surface area contributed by atoms with Gasteiger partial charge in [-0.2, -0.15) is 0 Å². The highest BCUT2D eigenvalue weighted by Gasteiger charge is 2.17. The van der Waals surface area contributed by atoms with Crippen LogP contribution in [0.15, 0.2) is 53.4 Å². The highest BCUT2D eigenvalue weighted by molar-refractivity contribution is 7.85. The Balaban J connectivity index is 1.94. The topological polar surface area (TPSA) is 72.5 Å². The van der Waals surface area contributed by atoms with Gasteiger partial charge in [0.15, 0.2) is 6.61 Å². The molecule has 0 aliphatic carbocycles. The SMILES string of the molecule is CC[C@@H](C)c1ccc(NC(=O)COC(=O)c2ccccc2[S@@](=O)CC)cc1. The number of carbonyl (C=O) groups excluding carboxylic acids is 2. The summed E-state index contributed by atoms with van der Waals surface area (Å²) < 4.78 is 17.1. The van der Waals surface area contributed by atoms with Crippen LogP contribution in [-0.2, 0) is 20.3 Å². The lowest BCUT2D eigenvalue weighted by molar-refractivity contribution is -0.119. The maximum atomic E-state index is 12.3. The number of hydrogen-bond acceptors (Lipinski definition) is 4. The lowest BCUT2D eigenvalue weighted by Gasteiger charge is -2.11. The molecule has 0 radical (unpaired) electrons. The summed E-state index contributed by atoms with van der Waals surface area (Å²) in [5, 5.41) is 2.71. The molecule has 0 saturated heterocycles. The number of benzene rings is 2. The molecule has 27 heavy (non-hydrogen) atoms. The number of esters is 1. The van der Waals surface area contributed by atoms with E-state index in [0.717, 1.165) is 6.42 Å². The van der Waals surface area contributed by atoms with E-state index < -0.39 is 29.3 Å². The fraction of sp³-hybridized carbons (Fsp3) is 0.333. The average Bonchev–Trinajstić information content (AvgIpc) is 2.71. The molecule has 0 unspecified atom stereocenters. The van der Waals surface area contributed by atoms with Crippen LogP contribution in [0, 0.1) is 0 Å². The first-order chi connectivity index (χ1) is 13.0. The third-order valence-electron chi connectivity index (χ3n) is 4.32. The quantitative estimate of drug-likeness (QED) is 0.692. The van der Waals surface area contributed by atoms with E-state index in [-0.39, 0.29) is 5.56 Å². The molecule has 2 rings (SSSR count). The molecule has 0 heterocycles. The second kappa shape index (κ2) is 10.0.